The van der Waals surface area contributed by atoms with Crippen molar-refractivity contribution < 1.29 is 9.90 Å². The smallest absolute Gasteiger partial charge is 0.252 e. The van der Waals surface area contributed by atoms with E-state index in [1.165, 1.54) is 0 Å². The average molecular weight is 393 g/mol. The quantitative estimate of drug-likeness (QED) is 0.533. The van der Waals surface area contributed by atoms with E-state index in [9.17, 15) is 9.90 Å². The topological polar surface area (TPSA) is 103 Å². The van der Waals surface area contributed by atoms with Gasteiger partial charge in [0.25, 0.3) is 5.91 Å². The van der Waals surface area contributed by atoms with Crippen molar-refractivity contribution in [1.82, 2.24) is 25.8 Å². The maximum atomic E-state index is 13.5. The van der Waals surface area contributed by atoms with Crippen LogP contribution >= 0.6 is 0 Å². The van der Waals surface area contributed by atoms with E-state index in [-0.39, 0.29) is 17.2 Å². The van der Waals surface area contributed by atoms with Gasteiger partial charge in [-0.25, -0.2) is 4.98 Å². The van der Waals surface area contributed by atoms with Crippen molar-refractivity contribution in [3.8, 4) is 17.0 Å². The zero-order chi connectivity index (χ0) is 20.4. The van der Waals surface area contributed by atoms with Crippen LogP contribution in [0.25, 0.3) is 22.3 Å². The number of carbonyl (C=O) groups is 1. The molecule has 0 bridgehead atoms. The minimum absolute atomic E-state index is 0.0859. The van der Waals surface area contributed by atoms with Gasteiger partial charge in [0.05, 0.1) is 22.3 Å². The molecular formula is C22H27N5O2. The lowest BCUT2D eigenvalue weighted by Gasteiger charge is -2.38. The number of aromatic hydroxyl groups is 1. The molecule has 0 aliphatic carbocycles. The van der Waals surface area contributed by atoms with Gasteiger partial charge < -0.3 is 15.7 Å². The molecule has 0 unspecified atom stereocenters. The average Bonchev–Trinajstić information content (AvgIpc) is 3.09. The molecule has 3 aromatic rings. The molecule has 7 heteroatoms. The highest BCUT2D eigenvalue weighted by atomic mass is 16.3. The Hall–Kier alpha value is -2.93. The summed E-state index contributed by atoms with van der Waals surface area (Å²) in [5.74, 6) is 0.106. The van der Waals surface area contributed by atoms with Crippen LogP contribution in [0.4, 0.5) is 0 Å². The van der Waals surface area contributed by atoms with Crippen molar-refractivity contribution in [1.29, 1.82) is 0 Å². The number of phenols is 1. The number of hydrogen-bond donors (Lipinski definition) is 4. The summed E-state index contributed by atoms with van der Waals surface area (Å²) in [5, 5.41) is 24.3. The number of amides is 1. The molecule has 4 rings (SSSR count). The predicted molar refractivity (Wildman–Crippen MR) is 113 cm³/mol. The van der Waals surface area contributed by atoms with E-state index >= 15 is 0 Å². The number of fused-ring (bicyclic) bond motifs is 1. The summed E-state index contributed by atoms with van der Waals surface area (Å²) >= 11 is 0. The van der Waals surface area contributed by atoms with Gasteiger partial charge in [-0.1, -0.05) is 13.3 Å². The predicted octanol–water partition coefficient (Wildman–Crippen LogP) is 3.29. The molecule has 29 heavy (non-hydrogen) atoms. The molecule has 4 N–H and O–H groups in total. The van der Waals surface area contributed by atoms with Gasteiger partial charge in [-0.15, -0.1) is 0 Å². The second-order valence-corrected chi connectivity index (χ2v) is 7.87. The minimum Gasteiger partial charge on any atom is -0.508 e. The second kappa shape index (κ2) is 7.83. The number of benzene rings is 1. The molecular weight excluding hydrogens is 366 g/mol. The SMILES string of the molecule is CCCC1(NC(=O)c2cc(-c3ccc(O)cc3)nc3[nH]nc(C)c23)CCNCC1. The summed E-state index contributed by atoms with van der Waals surface area (Å²) in [6, 6.07) is 8.64. The third kappa shape index (κ3) is 3.82. The molecule has 1 saturated heterocycles. The van der Waals surface area contributed by atoms with E-state index in [1.54, 1.807) is 24.3 Å². The van der Waals surface area contributed by atoms with E-state index in [4.69, 9.17) is 0 Å². The van der Waals surface area contributed by atoms with Crippen molar-refractivity contribution in [3.05, 3.63) is 41.6 Å². The van der Waals surface area contributed by atoms with Gasteiger partial charge >= 0.3 is 0 Å². The van der Waals surface area contributed by atoms with E-state index in [1.807, 2.05) is 13.0 Å². The molecule has 1 fully saturated rings. The molecule has 2 aromatic heterocycles. The van der Waals surface area contributed by atoms with Crippen LogP contribution in [0, 0.1) is 6.92 Å². The van der Waals surface area contributed by atoms with Crippen molar-refractivity contribution in [3.63, 3.8) is 0 Å². The Bertz CT molecular complexity index is 1010. The molecule has 1 aromatic carbocycles. The number of nitrogens with zero attached hydrogens (tertiary/aromatic N) is 2. The van der Waals surface area contributed by atoms with Crippen LogP contribution in [0.2, 0.25) is 0 Å². The van der Waals surface area contributed by atoms with Gasteiger partial charge in [0.1, 0.15) is 5.75 Å². The van der Waals surface area contributed by atoms with Gasteiger partial charge in [0.2, 0.25) is 0 Å². The standard InChI is InChI=1S/C22H27N5O2/c1-3-8-22(9-11-23-12-10-22)25-21(29)17-13-18(15-4-6-16(28)7-5-15)24-20-19(17)14(2)26-27-20/h4-7,13,23,28H,3,8-12H2,1-2H3,(H,25,29)(H,24,26,27). The number of carbonyl (C=O) groups excluding carboxylic acids is 1. The highest BCUT2D eigenvalue weighted by molar-refractivity contribution is 6.07. The Kier molecular flexibility index (Phi) is 5.24. The summed E-state index contributed by atoms with van der Waals surface area (Å²) in [4.78, 5) is 18.1. The summed E-state index contributed by atoms with van der Waals surface area (Å²) in [6.07, 6.45) is 3.84. The maximum absolute atomic E-state index is 13.5. The summed E-state index contributed by atoms with van der Waals surface area (Å²) in [6.45, 7) is 5.86. The number of phenolic OH excluding ortho intramolecular Hbond substituents is 1. The Balaban J connectivity index is 1.76. The number of aryl methyl sites for hydroxylation is 1. The fourth-order valence-corrected chi connectivity index (χ4v) is 4.27. The lowest BCUT2D eigenvalue weighted by Crippen LogP contribution is -2.54. The van der Waals surface area contributed by atoms with Crippen LogP contribution in [0.15, 0.2) is 30.3 Å². The maximum Gasteiger partial charge on any atom is 0.252 e. The van der Waals surface area contributed by atoms with Gasteiger partial charge in [0.15, 0.2) is 5.65 Å². The monoisotopic (exact) mass is 393 g/mol. The highest BCUT2D eigenvalue weighted by Gasteiger charge is 2.33. The molecule has 0 saturated carbocycles. The molecule has 1 aliphatic heterocycles. The minimum atomic E-state index is -0.178. The van der Waals surface area contributed by atoms with Gasteiger partial charge in [-0.05, 0) is 69.6 Å². The molecule has 0 spiro atoms. The normalized spacial score (nSPS) is 16.1. The van der Waals surface area contributed by atoms with Crippen molar-refractivity contribution in [2.24, 2.45) is 0 Å². The molecule has 1 amide bonds. The molecule has 152 valence electrons. The third-order valence-corrected chi connectivity index (χ3v) is 5.79. The van der Waals surface area contributed by atoms with Crippen molar-refractivity contribution in [2.75, 3.05) is 13.1 Å². The van der Waals surface area contributed by atoms with Crippen LogP contribution in [0.1, 0.15) is 48.7 Å². The van der Waals surface area contributed by atoms with Gasteiger partial charge in [-0.2, -0.15) is 5.10 Å². The number of aromatic nitrogens is 3. The molecule has 3 heterocycles. The number of nitrogens with one attached hydrogen (secondary N) is 3. The van der Waals surface area contributed by atoms with Crippen molar-refractivity contribution >= 4 is 16.9 Å². The third-order valence-electron chi connectivity index (χ3n) is 5.79. The first-order chi connectivity index (χ1) is 14.0. The van der Waals surface area contributed by atoms with Crippen LogP contribution in [-0.4, -0.2) is 44.8 Å². The van der Waals surface area contributed by atoms with Crippen molar-refractivity contribution in [2.45, 2.75) is 45.1 Å². The first kappa shape index (κ1) is 19.4. The van der Waals surface area contributed by atoms with Crippen LogP contribution in [0.5, 0.6) is 5.75 Å². The van der Waals surface area contributed by atoms with Gasteiger partial charge in [0, 0.05) is 11.1 Å². The summed E-state index contributed by atoms with van der Waals surface area (Å²) in [5.41, 5.74) is 3.25. The number of H-pyrrole nitrogens is 1. The zero-order valence-electron chi connectivity index (χ0n) is 16.9. The van der Waals surface area contributed by atoms with E-state index in [2.05, 4.69) is 32.7 Å². The molecule has 0 radical (unpaired) electrons. The lowest BCUT2D eigenvalue weighted by molar-refractivity contribution is 0.0867. The van der Waals surface area contributed by atoms with Gasteiger partial charge in [-0.3, -0.25) is 9.89 Å². The highest BCUT2D eigenvalue weighted by Crippen LogP contribution is 2.29. The van der Waals surface area contributed by atoms with E-state index < -0.39 is 0 Å². The fraction of sp³-hybridized carbons (Fsp3) is 0.409. The van der Waals surface area contributed by atoms with E-state index in [0.29, 0.717) is 16.9 Å². The van der Waals surface area contributed by atoms with Crippen LogP contribution < -0.4 is 10.6 Å². The van der Waals surface area contributed by atoms with Crippen LogP contribution in [0.3, 0.4) is 0 Å². The Morgan fingerprint density at radius 3 is 2.66 bits per heavy atom. The molecule has 7 nitrogen and oxygen atoms in total. The lowest BCUT2D eigenvalue weighted by atomic mass is 9.83. The number of piperidine rings is 1. The Labute approximate surface area is 169 Å². The number of rotatable bonds is 5. The Morgan fingerprint density at radius 2 is 1.97 bits per heavy atom. The Morgan fingerprint density at radius 1 is 1.24 bits per heavy atom. The second-order valence-electron chi connectivity index (χ2n) is 7.87. The zero-order valence-corrected chi connectivity index (χ0v) is 16.9. The molecule has 1 aliphatic rings. The fourth-order valence-electron chi connectivity index (χ4n) is 4.27. The van der Waals surface area contributed by atoms with Crippen LogP contribution in [-0.2, 0) is 0 Å². The number of aromatic amines is 1. The first-order valence-electron chi connectivity index (χ1n) is 10.2. The summed E-state index contributed by atoms with van der Waals surface area (Å²) in [7, 11) is 0. The first-order valence-corrected chi connectivity index (χ1v) is 10.2. The number of hydrogen-bond acceptors (Lipinski definition) is 5. The molecule has 0 atom stereocenters. The summed E-state index contributed by atoms with van der Waals surface area (Å²) < 4.78 is 0. The number of pyridine rings is 1. The largest absolute Gasteiger partial charge is 0.508 e. The van der Waals surface area contributed by atoms with E-state index in [0.717, 1.165) is 55.4 Å².